The van der Waals surface area contributed by atoms with E-state index in [2.05, 4.69) is 54.0 Å². The Morgan fingerprint density at radius 2 is 1.92 bits per heavy atom. The maximum atomic E-state index is 9.65. The van der Waals surface area contributed by atoms with Crippen molar-refractivity contribution < 1.29 is 14.2 Å². The third-order valence-electron chi connectivity index (χ3n) is 8.94. The maximum Gasteiger partial charge on any atom is 0.256 e. The highest BCUT2D eigenvalue weighted by Crippen LogP contribution is 2.39. The van der Waals surface area contributed by atoms with Gasteiger partial charge >= 0.3 is 0 Å². The molecule has 2 fully saturated rings. The quantitative estimate of drug-likeness (QED) is 0.200. The minimum absolute atomic E-state index is 0.258. The number of fused-ring (bicyclic) bond motifs is 2. The van der Waals surface area contributed by atoms with Crippen LogP contribution in [0.1, 0.15) is 63.5 Å². The fourth-order valence-electron chi connectivity index (χ4n) is 6.54. The van der Waals surface area contributed by atoms with E-state index < -0.39 is 0 Å². The van der Waals surface area contributed by atoms with Crippen LogP contribution in [0.2, 0.25) is 0 Å². The molecule has 5 heterocycles. The van der Waals surface area contributed by atoms with Gasteiger partial charge in [-0.3, -0.25) is 4.68 Å². The number of hydrogen-bond donors (Lipinski definition) is 1. The van der Waals surface area contributed by atoms with Gasteiger partial charge in [-0.2, -0.15) is 10.5 Å². The van der Waals surface area contributed by atoms with E-state index in [1.807, 2.05) is 29.9 Å². The Morgan fingerprint density at radius 3 is 2.62 bits per heavy atom. The number of hydrogen-bond acceptors (Lipinski definition) is 13. The molecule has 246 valence electrons. The van der Waals surface area contributed by atoms with Gasteiger partial charge in [-0.1, -0.05) is 6.07 Å². The highest BCUT2D eigenvalue weighted by Gasteiger charge is 2.38. The Hall–Kier alpha value is -5.70. The van der Waals surface area contributed by atoms with Gasteiger partial charge in [0.15, 0.2) is 0 Å². The van der Waals surface area contributed by atoms with Gasteiger partial charge in [0.1, 0.15) is 42.3 Å². The van der Waals surface area contributed by atoms with E-state index in [1.54, 1.807) is 23.1 Å². The van der Waals surface area contributed by atoms with Crippen LogP contribution >= 0.6 is 0 Å². The fraction of sp³-hybridized carbons (Fsp3) is 0.455. The minimum Gasteiger partial charge on any atom is -0.494 e. The predicted octanol–water partition coefficient (Wildman–Crippen LogP) is 4.52. The Bertz CT molecular complexity index is 1820. The highest BCUT2D eigenvalue weighted by molar-refractivity contribution is 5.67. The molecule has 1 saturated carbocycles. The number of nitrogens with zero attached hydrogens (tertiary/aromatic N) is 11. The number of ether oxygens (including phenoxy) is 3. The van der Waals surface area contributed by atoms with E-state index in [0.29, 0.717) is 66.9 Å². The molecule has 4 aromatic rings. The van der Waals surface area contributed by atoms with Crippen LogP contribution in [0.25, 0.3) is 11.1 Å². The van der Waals surface area contributed by atoms with Crippen molar-refractivity contribution in [3.8, 4) is 34.9 Å². The molecule has 1 aromatic carbocycles. The van der Waals surface area contributed by atoms with Gasteiger partial charge in [-0.15, -0.1) is 10.2 Å². The number of nitriles is 2. The first-order chi connectivity index (χ1) is 23.6. The Kier molecular flexibility index (Phi) is 9.00. The molecule has 1 aliphatic carbocycles. The zero-order valence-corrected chi connectivity index (χ0v) is 26.6. The van der Waals surface area contributed by atoms with Crippen molar-refractivity contribution in [2.24, 2.45) is 0 Å². The largest absolute Gasteiger partial charge is 0.494 e. The molecule has 15 nitrogen and oxygen atoms in total. The van der Waals surface area contributed by atoms with E-state index in [0.717, 1.165) is 55.6 Å². The van der Waals surface area contributed by atoms with Gasteiger partial charge in [0.05, 0.1) is 43.1 Å². The number of anilines is 2. The predicted molar refractivity (Wildman–Crippen MR) is 172 cm³/mol. The summed E-state index contributed by atoms with van der Waals surface area (Å²) in [7, 11) is 0. The molecule has 1 saturated heterocycles. The Morgan fingerprint density at radius 1 is 1.08 bits per heavy atom. The summed E-state index contributed by atoms with van der Waals surface area (Å²) in [5.41, 5.74) is 2.66. The summed E-state index contributed by atoms with van der Waals surface area (Å²) in [6.45, 7) is 3.51. The van der Waals surface area contributed by atoms with Crippen LogP contribution in [0.15, 0.2) is 55.1 Å². The molecule has 48 heavy (non-hydrogen) atoms. The lowest BCUT2D eigenvalue weighted by Crippen LogP contribution is -2.41. The number of aromatic nitrogens is 8. The third-order valence-corrected chi connectivity index (χ3v) is 8.94. The van der Waals surface area contributed by atoms with Crippen LogP contribution < -0.4 is 14.8 Å². The Labute approximate surface area is 277 Å². The summed E-state index contributed by atoms with van der Waals surface area (Å²) in [4.78, 5) is 11.7. The molecule has 3 aliphatic rings. The monoisotopic (exact) mass is 648 g/mol. The van der Waals surface area contributed by atoms with Gasteiger partial charge in [0.25, 0.3) is 5.88 Å². The van der Waals surface area contributed by atoms with Crippen LogP contribution in [0.4, 0.5) is 11.6 Å². The van der Waals surface area contributed by atoms with Crippen LogP contribution in [-0.2, 0) is 11.3 Å². The molecular formula is C33H36N12O3. The second kappa shape index (κ2) is 14.0. The molecule has 3 aromatic heterocycles. The standard InChI is InChI=1S/C33H36N12O3/c1-22(17-43-21-38-41-42-43)48-31-12-23(4-5-24(31)14-35)25-15-36-33(37-16-25)39-30-19-45(40-32(30)46-11-3-2-10-34)27-8-6-26(7-9-27)44-18-29-13-28(44)20-47-29/h4-5,12,15-16,18-19,21-22,26-28H,2-3,6-9,11,13,17,20H2,1H3,(H,36,37,39)/t22-,26?,27?,28+/m0/s1. The van der Waals surface area contributed by atoms with Crippen LogP contribution in [0.3, 0.4) is 0 Å². The van der Waals surface area contributed by atoms with Crippen molar-refractivity contribution >= 4 is 11.6 Å². The summed E-state index contributed by atoms with van der Waals surface area (Å²) < 4.78 is 21.4. The average Bonchev–Trinajstić information content (AvgIpc) is 3.94. The van der Waals surface area contributed by atoms with Crippen molar-refractivity contribution in [2.45, 2.75) is 82.6 Å². The summed E-state index contributed by atoms with van der Waals surface area (Å²) in [5, 5.41) is 37.9. The first-order valence-electron chi connectivity index (χ1n) is 16.3. The van der Waals surface area contributed by atoms with Crippen molar-refractivity contribution in [2.75, 3.05) is 18.5 Å². The summed E-state index contributed by atoms with van der Waals surface area (Å²) >= 11 is 0. The van der Waals surface area contributed by atoms with Crippen molar-refractivity contribution in [1.29, 1.82) is 10.5 Å². The highest BCUT2D eigenvalue weighted by atomic mass is 16.5. The van der Waals surface area contributed by atoms with Crippen LogP contribution in [-0.4, -0.2) is 76.3 Å². The van der Waals surface area contributed by atoms with Gasteiger partial charge in [-0.05, 0) is 67.2 Å². The van der Waals surface area contributed by atoms with Crippen molar-refractivity contribution in [3.05, 3.63) is 60.6 Å². The number of unbranched alkanes of at least 4 members (excludes halogenated alkanes) is 1. The smallest absolute Gasteiger partial charge is 0.256 e. The second-order valence-electron chi connectivity index (χ2n) is 12.3. The van der Waals surface area contributed by atoms with E-state index in [4.69, 9.17) is 24.6 Å². The average molecular weight is 649 g/mol. The molecule has 15 heteroatoms. The lowest BCUT2D eigenvalue weighted by Gasteiger charge is -2.38. The van der Waals surface area contributed by atoms with E-state index in [9.17, 15) is 5.26 Å². The Balaban J connectivity index is 1.03. The summed E-state index contributed by atoms with van der Waals surface area (Å²) in [5.74, 6) is 2.43. The normalized spacial score (nSPS) is 20.4. The summed E-state index contributed by atoms with van der Waals surface area (Å²) in [6.07, 6.45) is 15.1. The molecule has 2 bridgehead atoms. The van der Waals surface area contributed by atoms with Gasteiger partial charge in [-0.25, -0.2) is 14.6 Å². The van der Waals surface area contributed by atoms with Gasteiger partial charge in [0.2, 0.25) is 5.95 Å². The SMILES string of the molecule is C[C@@H](Cn1cnnn1)Oc1cc(-c2cnc(Nc3cn(C4CCC(N5C=C6C[C@@H]5CO6)CC4)nc3OCCCC#N)nc2)ccc1C#N. The molecular weight excluding hydrogens is 612 g/mol. The molecule has 0 spiro atoms. The van der Waals surface area contributed by atoms with Crippen molar-refractivity contribution in [3.63, 3.8) is 0 Å². The molecule has 1 N–H and O–H groups in total. The maximum absolute atomic E-state index is 9.65. The topological polar surface area (TPSA) is 178 Å². The molecule has 0 amide bonds. The molecule has 0 radical (unpaired) electrons. The zero-order chi connectivity index (χ0) is 32.9. The van der Waals surface area contributed by atoms with Gasteiger partial charge < -0.3 is 24.4 Å². The fourth-order valence-corrected chi connectivity index (χ4v) is 6.54. The lowest BCUT2D eigenvalue weighted by atomic mass is 9.90. The first kappa shape index (κ1) is 30.9. The number of benzene rings is 1. The first-order valence-corrected chi connectivity index (χ1v) is 16.3. The zero-order valence-electron chi connectivity index (χ0n) is 26.6. The van der Waals surface area contributed by atoms with Crippen LogP contribution in [0, 0.1) is 22.7 Å². The number of tetrazole rings is 1. The lowest BCUT2D eigenvalue weighted by molar-refractivity contribution is 0.106. The van der Waals surface area contributed by atoms with Crippen LogP contribution in [0.5, 0.6) is 11.6 Å². The number of nitrogens with one attached hydrogen (secondary N) is 1. The third kappa shape index (κ3) is 6.85. The van der Waals surface area contributed by atoms with Crippen molar-refractivity contribution in [1.82, 2.24) is 44.9 Å². The molecule has 2 atom stereocenters. The molecule has 2 aliphatic heterocycles. The minimum atomic E-state index is -0.279. The van der Waals surface area contributed by atoms with E-state index in [-0.39, 0.29) is 12.1 Å². The van der Waals surface area contributed by atoms with E-state index in [1.165, 1.54) is 6.33 Å². The summed E-state index contributed by atoms with van der Waals surface area (Å²) in [6, 6.07) is 11.0. The molecule has 0 unspecified atom stereocenters. The second-order valence-corrected chi connectivity index (χ2v) is 12.3. The molecule has 7 rings (SSSR count). The number of rotatable bonds is 13. The van der Waals surface area contributed by atoms with E-state index >= 15 is 0 Å². The van der Waals surface area contributed by atoms with Gasteiger partial charge in [0, 0.05) is 43.0 Å².